The second-order valence-corrected chi connectivity index (χ2v) is 4.65. The summed E-state index contributed by atoms with van der Waals surface area (Å²) in [4.78, 5) is 17.6. The van der Waals surface area contributed by atoms with E-state index in [4.69, 9.17) is 5.84 Å². The minimum absolute atomic E-state index is 0.331. The molecule has 3 N–H and O–H groups in total. The number of rotatable bonds is 5. The normalized spacial score (nSPS) is 12.8. The summed E-state index contributed by atoms with van der Waals surface area (Å²) in [6.07, 6.45) is 1.09. The minimum atomic E-state index is -0.331. The van der Waals surface area contributed by atoms with Gasteiger partial charge in [-0.05, 0) is 20.4 Å². The van der Waals surface area contributed by atoms with Crippen molar-refractivity contribution in [2.75, 3.05) is 7.05 Å². The van der Waals surface area contributed by atoms with E-state index < -0.39 is 0 Å². The number of thiazole rings is 1. The van der Waals surface area contributed by atoms with Crippen LogP contribution in [0.4, 0.5) is 0 Å². The largest absolute Gasteiger partial charge is 0.298 e. The van der Waals surface area contributed by atoms with Gasteiger partial charge in [-0.15, -0.1) is 11.3 Å². The van der Waals surface area contributed by atoms with E-state index in [1.54, 1.807) is 0 Å². The van der Waals surface area contributed by atoms with E-state index in [1.165, 1.54) is 11.3 Å². The van der Waals surface area contributed by atoms with Gasteiger partial charge in [-0.2, -0.15) is 0 Å². The monoisotopic (exact) mass is 242 g/mol. The van der Waals surface area contributed by atoms with Gasteiger partial charge in [0.2, 0.25) is 0 Å². The Morgan fingerprint density at radius 3 is 3.00 bits per heavy atom. The molecule has 16 heavy (non-hydrogen) atoms. The highest BCUT2D eigenvalue weighted by Crippen LogP contribution is 2.12. The molecule has 1 aromatic rings. The number of carbonyl (C=O) groups excluding carboxylic acids is 1. The van der Waals surface area contributed by atoms with Crippen molar-refractivity contribution >= 4 is 17.2 Å². The highest BCUT2D eigenvalue weighted by atomic mass is 32.1. The average molecular weight is 242 g/mol. The third kappa shape index (κ3) is 3.26. The molecule has 1 rings (SSSR count). The van der Waals surface area contributed by atoms with Gasteiger partial charge in [0, 0.05) is 18.0 Å². The van der Waals surface area contributed by atoms with Crippen LogP contribution in [0.15, 0.2) is 5.38 Å². The van der Waals surface area contributed by atoms with Gasteiger partial charge in [-0.3, -0.25) is 15.1 Å². The van der Waals surface area contributed by atoms with E-state index in [2.05, 4.69) is 36.2 Å². The maximum Gasteiger partial charge on any atom is 0.294 e. The molecule has 0 aliphatic rings. The first-order chi connectivity index (χ1) is 7.58. The van der Waals surface area contributed by atoms with Crippen molar-refractivity contribution in [2.24, 2.45) is 5.84 Å². The summed E-state index contributed by atoms with van der Waals surface area (Å²) < 4.78 is 0. The fraction of sp³-hybridized carbons (Fsp3) is 0.600. The fourth-order valence-electron chi connectivity index (χ4n) is 1.27. The van der Waals surface area contributed by atoms with Crippen LogP contribution >= 0.6 is 11.3 Å². The molecule has 5 nitrogen and oxygen atoms in total. The first-order valence-corrected chi connectivity index (χ1v) is 6.12. The molecule has 0 aliphatic carbocycles. The Labute approximate surface area is 99.6 Å². The van der Waals surface area contributed by atoms with Gasteiger partial charge in [-0.1, -0.05) is 6.92 Å². The zero-order valence-corrected chi connectivity index (χ0v) is 10.7. The molecule has 1 unspecified atom stereocenters. The molecule has 0 saturated heterocycles. The Bertz CT molecular complexity index is 352. The molecule has 0 saturated carbocycles. The Balaban J connectivity index is 2.61. The number of aromatic nitrogens is 1. The predicted octanol–water partition coefficient (Wildman–Crippen LogP) is 0.977. The van der Waals surface area contributed by atoms with Crippen molar-refractivity contribution in [3.63, 3.8) is 0 Å². The number of carbonyl (C=O) groups is 1. The molecule has 1 amide bonds. The highest BCUT2D eigenvalue weighted by Gasteiger charge is 2.12. The molecule has 0 aliphatic heterocycles. The molecule has 1 heterocycles. The molecule has 0 fully saturated rings. The third-order valence-electron chi connectivity index (χ3n) is 2.63. The number of nitrogens with one attached hydrogen (secondary N) is 1. The number of hydrogen-bond acceptors (Lipinski definition) is 5. The summed E-state index contributed by atoms with van der Waals surface area (Å²) in [5, 5.41) is 2.30. The molecule has 1 atom stereocenters. The standard InChI is InChI=1S/C10H18N4OS/c1-4-7(2)14(3)5-8-6-16-10(12-8)9(15)13-11/h6-7H,4-5,11H2,1-3H3,(H,13,15). The van der Waals surface area contributed by atoms with Gasteiger partial charge in [0.1, 0.15) is 0 Å². The highest BCUT2D eigenvalue weighted by molar-refractivity contribution is 7.11. The minimum Gasteiger partial charge on any atom is -0.298 e. The molecule has 1 aromatic heterocycles. The fourth-order valence-corrected chi connectivity index (χ4v) is 1.98. The first-order valence-electron chi connectivity index (χ1n) is 5.24. The van der Waals surface area contributed by atoms with Crippen LogP contribution in [0.1, 0.15) is 35.8 Å². The summed E-state index contributed by atoms with van der Waals surface area (Å²) in [5.41, 5.74) is 2.99. The number of hydrazine groups is 1. The van der Waals surface area contributed by atoms with Crippen LogP contribution in [-0.2, 0) is 6.54 Å². The third-order valence-corrected chi connectivity index (χ3v) is 3.52. The maximum atomic E-state index is 11.2. The Morgan fingerprint density at radius 1 is 1.75 bits per heavy atom. The van der Waals surface area contributed by atoms with Crippen molar-refractivity contribution in [1.29, 1.82) is 0 Å². The summed E-state index contributed by atoms with van der Waals surface area (Å²) in [6.45, 7) is 5.07. The molecule has 0 bridgehead atoms. The number of nitrogen functional groups attached to an aromatic ring is 1. The van der Waals surface area contributed by atoms with Crippen LogP contribution in [0.5, 0.6) is 0 Å². The lowest BCUT2D eigenvalue weighted by Crippen LogP contribution is -2.30. The number of nitrogens with zero attached hydrogens (tertiary/aromatic N) is 2. The van der Waals surface area contributed by atoms with Crippen LogP contribution in [0.3, 0.4) is 0 Å². The predicted molar refractivity (Wildman–Crippen MR) is 65.0 cm³/mol. The van der Waals surface area contributed by atoms with Gasteiger partial charge < -0.3 is 0 Å². The summed E-state index contributed by atoms with van der Waals surface area (Å²) in [7, 11) is 2.05. The number of hydrogen-bond donors (Lipinski definition) is 2. The maximum absolute atomic E-state index is 11.2. The van der Waals surface area contributed by atoms with Gasteiger partial charge in [-0.25, -0.2) is 10.8 Å². The Hall–Kier alpha value is -0.980. The topological polar surface area (TPSA) is 71.2 Å². The van der Waals surface area contributed by atoms with E-state index in [0.717, 1.165) is 18.7 Å². The molecule has 6 heteroatoms. The Morgan fingerprint density at radius 2 is 2.44 bits per heavy atom. The smallest absolute Gasteiger partial charge is 0.294 e. The van der Waals surface area contributed by atoms with Gasteiger partial charge >= 0.3 is 0 Å². The Kier molecular flexibility index (Phi) is 4.85. The molecule has 0 spiro atoms. The lowest BCUT2D eigenvalue weighted by atomic mass is 10.2. The molecular formula is C10H18N4OS. The summed E-state index contributed by atoms with van der Waals surface area (Å²) in [6, 6.07) is 0.508. The van der Waals surface area contributed by atoms with Crippen LogP contribution in [0.25, 0.3) is 0 Å². The first kappa shape index (κ1) is 13.1. The van der Waals surface area contributed by atoms with Crippen LogP contribution in [0.2, 0.25) is 0 Å². The zero-order chi connectivity index (χ0) is 12.1. The van der Waals surface area contributed by atoms with Crippen LogP contribution in [0, 0.1) is 0 Å². The summed E-state index contributed by atoms with van der Waals surface area (Å²) in [5.74, 6) is 4.71. The van der Waals surface area contributed by atoms with Crippen molar-refractivity contribution < 1.29 is 4.79 Å². The molecule has 90 valence electrons. The van der Waals surface area contributed by atoms with Crippen LogP contribution in [-0.4, -0.2) is 28.9 Å². The molecule has 0 radical (unpaired) electrons. The second kappa shape index (κ2) is 5.93. The van der Waals surface area contributed by atoms with Crippen LogP contribution < -0.4 is 11.3 Å². The van der Waals surface area contributed by atoms with E-state index in [-0.39, 0.29) is 5.91 Å². The number of amides is 1. The SMILES string of the molecule is CCC(C)N(C)Cc1csc(C(=O)NN)n1. The van der Waals surface area contributed by atoms with Crippen molar-refractivity contribution in [3.8, 4) is 0 Å². The van der Waals surface area contributed by atoms with Crippen molar-refractivity contribution in [2.45, 2.75) is 32.9 Å². The van der Waals surface area contributed by atoms with Gasteiger partial charge in [0.15, 0.2) is 5.01 Å². The summed E-state index contributed by atoms with van der Waals surface area (Å²) >= 11 is 1.31. The van der Waals surface area contributed by atoms with Crippen molar-refractivity contribution in [1.82, 2.24) is 15.3 Å². The average Bonchev–Trinajstić information content (AvgIpc) is 2.75. The molecular weight excluding hydrogens is 224 g/mol. The number of nitrogens with two attached hydrogens (primary N) is 1. The quantitative estimate of drug-likeness (QED) is 0.458. The lowest BCUT2D eigenvalue weighted by Gasteiger charge is -2.22. The van der Waals surface area contributed by atoms with E-state index in [1.807, 2.05) is 5.38 Å². The second-order valence-electron chi connectivity index (χ2n) is 3.79. The van der Waals surface area contributed by atoms with E-state index in [9.17, 15) is 4.79 Å². The van der Waals surface area contributed by atoms with Gasteiger partial charge in [0.25, 0.3) is 5.91 Å². The molecule has 0 aromatic carbocycles. The van der Waals surface area contributed by atoms with Gasteiger partial charge in [0.05, 0.1) is 5.69 Å². The van der Waals surface area contributed by atoms with E-state index in [0.29, 0.717) is 11.0 Å². The lowest BCUT2D eigenvalue weighted by molar-refractivity contribution is 0.0953. The van der Waals surface area contributed by atoms with Crippen molar-refractivity contribution in [3.05, 3.63) is 16.1 Å². The zero-order valence-electron chi connectivity index (χ0n) is 9.86. The van der Waals surface area contributed by atoms with E-state index >= 15 is 0 Å².